The van der Waals surface area contributed by atoms with E-state index >= 15 is 0 Å². The molecule has 17 heavy (non-hydrogen) atoms. The Hall–Kier alpha value is -0.220. The quantitative estimate of drug-likeness (QED) is 0.671. The van der Waals surface area contributed by atoms with Crippen LogP contribution in [0.15, 0.2) is 38.8 Å². The van der Waals surface area contributed by atoms with Crippen LogP contribution in [-0.2, 0) is 11.8 Å². The molecule has 0 N–H and O–H groups in total. The summed E-state index contributed by atoms with van der Waals surface area (Å²) in [7, 11) is 0. The molecule has 0 aliphatic rings. The first-order valence-electron chi connectivity index (χ1n) is 4.88. The minimum absolute atomic E-state index is 0.257. The SMILES string of the molecule is Fc1ccc(Sc2cscc2CCl)c(CCl)c1. The van der Waals surface area contributed by atoms with Gasteiger partial charge in [0.1, 0.15) is 5.82 Å². The van der Waals surface area contributed by atoms with E-state index in [1.54, 1.807) is 29.2 Å². The Balaban J connectivity index is 2.29. The van der Waals surface area contributed by atoms with E-state index in [1.807, 2.05) is 10.8 Å². The van der Waals surface area contributed by atoms with Crippen molar-refractivity contribution in [2.45, 2.75) is 21.6 Å². The number of benzene rings is 1. The summed E-state index contributed by atoms with van der Waals surface area (Å²) in [5, 5.41) is 4.07. The highest BCUT2D eigenvalue weighted by molar-refractivity contribution is 7.99. The Morgan fingerprint density at radius 3 is 2.53 bits per heavy atom. The highest BCUT2D eigenvalue weighted by atomic mass is 35.5. The minimum Gasteiger partial charge on any atom is -0.207 e. The second-order valence-corrected chi connectivity index (χ2v) is 5.74. The first-order valence-corrected chi connectivity index (χ1v) is 7.70. The molecule has 0 unspecified atom stereocenters. The molecule has 0 amide bonds. The summed E-state index contributed by atoms with van der Waals surface area (Å²) in [6.07, 6.45) is 0. The van der Waals surface area contributed by atoms with Crippen LogP contribution in [0.4, 0.5) is 4.39 Å². The summed E-state index contributed by atoms with van der Waals surface area (Å²) in [6, 6.07) is 4.68. The van der Waals surface area contributed by atoms with Crippen LogP contribution in [0.3, 0.4) is 0 Å². The van der Waals surface area contributed by atoms with E-state index in [4.69, 9.17) is 23.2 Å². The lowest BCUT2D eigenvalue weighted by atomic mass is 10.2. The van der Waals surface area contributed by atoms with Gasteiger partial charge in [-0.2, -0.15) is 11.3 Å². The summed E-state index contributed by atoms with van der Waals surface area (Å²) in [6.45, 7) is 0. The van der Waals surface area contributed by atoms with Crippen molar-refractivity contribution in [1.82, 2.24) is 0 Å². The van der Waals surface area contributed by atoms with Crippen LogP contribution < -0.4 is 0 Å². The van der Waals surface area contributed by atoms with Gasteiger partial charge >= 0.3 is 0 Å². The molecule has 0 radical (unpaired) electrons. The second kappa shape index (κ2) is 6.10. The molecule has 0 nitrogen and oxygen atoms in total. The molecule has 0 spiro atoms. The largest absolute Gasteiger partial charge is 0.207 e. The lowest BCUT2D eigenvalue weighted by molar-refractivity contribution is 0.625. The van der Waals surface area contributed by atoms with E-state index < -0.39 is 0 Å². The van der Waals surface area contributed by atoms with Crippen molar-refractivity contribution in [2.75, 3.05) is 0 Å². The van der Waals surface area contributed by atoms with Gasteiger partial charge in [0, 0.05) is 26.9 Å². The average molecular weight is 307 g/mol. The molecule has 1 aromatic carbocycles. The number of hydrogen-bond donors (Lipinski definition) is 0. The molecule has 90 valence electrons. The van der Waals surface area contributed by atoms with E-state index in [0.717, 1.165) is 20.9 Å². The van der Waals surface area contributed by atoms with Gasteiger partial charge in [-0.3, -0.25) is 0 Å². The van der Waals surface area contributed by atoms with E-state index in [-0.39, 0.29) is 5.82 Å². The van der Waals surface area contributed by atoms with Crippen molar-refractivity contribution in [1.29, 1.82) is 0 Å². The minimum atomic E-state index is -0.257. The summed E-state index contributed by atoms with van der Waals surface area (Å²) in [4.78, 5) is 2.09. The molecule has 2 aromatic rings. The van der Waals surface area contributed by atoms with Crippen LogP contribution in [-0.4, -0.2) is 0 Å². The van der Waals surface area contributed by atoms with Gasteiger partial charge < -0.3 is 0 Å². The van der Waals surface area contributed by atoms with E-state index in [0.29, 0.717) is 11.8 Å². The number of alkyl halides is 2. The third kappa shape index (κ3) is 3.16. The summed E-state index contributed by atoms with van der Waals surface area (Å²) in [5.41, 5.74) is 1.91. The van der Waals surface area contributed by atoms with E-state index in [1.165, 1.54) is 12.1 Å². The number of thiophene rings is 1. The lowest BCUT2D eigenvalue weighted by Gasteiger charge is -2.06. The van der Waals surface area contributed by atoms with Crippen molar-refractivity contribution >= 4 is 46.3 Å². The maximum Gasteiger partial charge on any atom is 0.123 e. The fraction of sp³-hybridized carbons (Fsp3) is 0.167. The molecule has 0 saturated heterocycles. The van der Waals surface area contributed by atoms with Crippen molar-refractivity contribution in [3.05, 3.63) is 45.9 Å². The first kappa shape index (κ1) is 13.2. The van der Waals surface area contributed by atoms with Gasteiger partial charge in [0.25, 0.3) is 0 Å². The molecule has 2 rings (SSSR count). The number of rotatable bonds is 4. The fourth-order valence-electron chi connectivity index (χ4n) is 1.37. The molecular weight excluding hydrogens is 298 g/mol. The summed E-state index contributed by atoms with van der Waals surface area (Å²) >= 11 is 14.9. The highest BCUT2D eigenvalue weighted by Crippen LogP contribution is 2.36. The van der Waals surface area contributed by atoms with E-state index in [2.05, 4.69) is 0 Å². The van der Waals surface area contributed by atoms with Crippen LogP contribution >= 0.6 is 46.3 Å². The first-order chi connectivity index (χ1) is 8.24. The smallest absolute Gasteiger partial charge is 0.123 e. The van der Waals surface area contributed by atoms with Crippen molar-refractivity contribution < 1.29 is 4.39 Å². The Morgan fingerprint density at radius 1 is 1.06 bits per heavy atom. The molecule has 5 heteroatoms. The average Bonchev–Trinajstić information content (AvgIpc) is 2.78. The van der Waals surface area contributed by atoms with Gasteiger partial charge in [-0.05, 0) is 34.7 Å². The Labute approximate surface area is 118 Å². The zero-order valence-electron chi connectivity index (χ0n) is 8.75. The van der Waals surface area contributed by atoms with Crippen LogP contribution in [0.5, 0.6) is 0 Å². The van der Waals surface area contributed by atoms with Gasteiger partial charge in [-0.1, -0.05) is 11.8 Å². The van der Waals surface area contributed by atoms with E-state index in [9.17, 15) is 4.39 Å². The Morgan fingerprint density at radius 2 is 1.82 bits per heavy atom. The molecule has 1 aromatic heterocycles. The van der Waals surface area contributed by atoms with Crippen LogP contribution in [0.2, 0.25) is 0 Å². The maximum absolute atomic E-state index is 13.1. The Bertz CT molecular complexity index is 511. The van der Waals surface area contributed by atoms with Crippen molar-refractivity contribution in [3.63, 3.8) is 0 Å². The topological polar surface area (TPSA) is 0 Å². The predicted octanol–water partition coefficient (Wildman–Crippen LogP) is 5.52. The molecular formula is C12H9Cl2FS2. The van der Waals surface area contributed by atoms with Crippen LogP contribution in [0, 0.1) is 5.82 Å². The molecule has 0 fully saturated rings. The normalized spacial score (nSPS) is 10.8. The molecule has 0 atom stereocenters. The highest BCUT2D eigenvalue weighted by Gasteiger charge is 2.09. The zero-order valence-corrected chi connectivity index (χ0v) is 11.9. The summed E-state index contributed by atoms with van der Waals surface area (Å²) in [5.74, 6) is 0.539. The monoisotopic (exact) mass is 306 g/mol. The van der Waals surface area contributed by atoms with Crippen LogP contribution in [0.25, 0.3) is 0 Å². The number of hydrogen-bond acceptors (Lipinski definition) is 2. The predicted molar refractivity (Wildman–Crippen MR) is 74.0 cm³/mol. The molecule has 1 heterocycles. The van der Waals surface area contributed by atoms with Gasteiger partial charge in [0.15, 0.2) is 0 Å². The summed E-state index contributed by atoms with van der Waals surface area (Å²) < 4.78 is 13.1. The molecule has 0 aliphatic heterocycles. The second-order valence-electron chi connectivity index (χ2n) is 3.38. The van der Waals surface area contributed by atoms with Gasteiger partial charge in [0.2, 0.25) is 0 Å². The zero-order chi connectivity index (χ0) is 12.3. The maximum atomic E-state index is 13.1. The van der Waals surface area contributed by atoms with Crippen molar-refractivity contribution in [3.8, 4) is 0 Å². The molecule has 0 saturated carbocycles. The molecule has 0 bridgehead atoms. The van der Waals surface area contributed by atoms with Gasteiger partial charge in [0.05, 0.1) is 0 Å². The van der Waals surface area contributed by atoms with Crippen molar-refractivity contribution in [2.24, 2.45) is 0 Å². The third-order valence-electron chi connectivity index (χ3n) is 2.23. The van der Waals surface area contributed by atoms with Crippen LogP contribution in [0.1, 0.15) is 11.1 Å². The standard InChI is InChI=1S/C12H9Cl2FS2/c13-4-8-3-10(15)1-2-11(8)17-12-7-16-6-9(12)5-14/h1-3,6-7H,4-5H2. The fourth-order valence-corrected chi connectivity index (χ4v) is 4.11. The third-order valence-corrected chi connectivity index (χ3v) is 4.97. The van der Waals surface area contributed by atoms with Gasteiger partial charge in [-0.15, -0.1) is 23.2 Å². The lowest BCUT2D eigenvalue weighted by Crippen LogP contribution is -1.86. The van der Waals surface area contributed by atoms with Gasteiger partial charge in [-0.25, -0.2) is 4.39 Å². The number of halogens is 3. The molecule has 0 aliphatic carbocycles. The Kier molecular flexibility index (Phi) is 4.74.